The minimum Gasteiger partial charge on any atom is -0.481 e. The third kappa shape index (κ3) is 7.20. The Kier molecular flexibility index (Phi) is 10.3. The molecule has 3 heterocycles. The van der Waals surface area contributed by atoms with Gasteiger partial charge in [-0.05, 0) is 36.3 Å². The molecular formula is C31H42N6O7. The fourth-order valence-electron chi connectivity index (χ4n) is 5.87. The number of carbonyl (C=O) groups excluding carboxylic acids is 5. The number of nitrogens with one attached hydrogen (secondary N) is 5. The summed E-state index contributed by atoms with van der Waals surface area (Å²) in [4.78, 5) is 84.6. The first-order chi connectivity index (χ1) is 20.9. The first-order valence-corrected chi connectivity index (χ1v) is 15.2. The molecule has 1 aromatic heterocycles. The van der Waals surface area contributed by atoms with E-state index in [9.17, 15) is 33.9 Å². The number of benzene rings is 1. The van der Waals surface area contributed by atoms with E-state index in [-0.39, 0.29) is 24.8 Å². The Bertz CT molecular complexity index is 1420. The van der Waals surface area contributed by atoms with Gasteiger partial charge in [-0.3, -0.25) is 28.8 Å². The molecule has 13 nitrogen and oxygen atoms in total. The van der Waals surface area contributed by atoms with Crippen molar-refractivity contribution in [2.45, 2.75) is 90.0 Å². The Morgan fingerprint density at radius 3 is 2.25 bits per heavy atom. The van der Waals surface area contributed by atoms with Crippen molar-refractivity contribution < 1.29 is 33.9 Å². The van der Waals surface area contributed by atoms with Crippen LogP contribution in [0, 0.1) is 11.8 Å². The van der Waals surface area contributed by atoms with Crippen molar-refractivity contribution in [3.05, 3.63) is 36.0 Å². The minimum atomic E-state index is -1.48. The van der Waals surface area contributed by atoms with Gasteiger partial charge in [-0.25, -0.2) is 0 Å². The number of aromatic nitrogens is 1. The van der Waals surface area contributed by atoms with Crippen molar-refractivity contribution in [1.29, 1.82) is 0 Å². The maximum atomic E-state index is 13.8. The van der Waals surface area contributed by atoms with Crippen LogP contribution in [0.3, 0.4) is 0 Å². The highest BCUT2D eigenvalue weighted by molar-refractivity contribution is 5.99. The van der Waals surface area contributed by atoms with Crippen molar-refractivity contribution in [1.82, 2.24) is 31.2 Å². The quantitative estimate of drug-likeness (QED) is 0.268. The van der Waals surface area contributed by atoms with Crippen LogP contribution in [0.5, 0.6) is 0 Å². The molecule has 1 aromatic carbocycles. The number of carbonyl (C=O) groups is 6. The number of aliphatic carboxylic acids is 1. The summed E-state index contributed by atoms with van der Waals surface area (Å²) >= 11 is 0. The van der Waals surface area contributed by atoms with Crippen molar-refractivity contribution in [3.63, 3.8) is 0 Å². The SMILES string of the molecule is CC[C@@H](C)[C@H]1NC(=O)[C@H](C(C)C)NC(=O)[C@H]2CCCN2C(=O)[C@H](CC(=O)O)NC(=O)[C@H](Cc2c[nH]c3ccccc23)NC1=O. The van der Waals surface area contributed by atoms with E-state index >= 15 is 0 Å². The van der Waals surface area contributed by atoms with Crippen LogP contribution in [0.4, 0.5) is 0 Å². The molecular weight excluding hydrogens is 568 g/mol. The smallest absolute Gasteiger partial charge is 0.305 e. The van der Waals surface area contributed by atoms with E-state index in [4.69, 9.17) is 0 Å². The molecule has 2 saturated heterocycles. The molecule has 0 radical (unpaired) electrons. The number of aromatic amines is 1. The molecule has 6 atom stereocenters. The number of carboxylic acid groups (broad SMARTS) is 1. The fourth-order valence-corrected chi connectivity index (χ4v) is 5.87. The highest BCUT2D eigenvalue weighted by atomic mass is 16.4. The molecule has 0 bridgehead atoms. The molecule has 0 saturated carbocycles. The fraction of sp³-hybridized carbons (Fsp3) is 0.548. The number of hydrogen-bond acceptors (Lipinski definition) is 6. The predicted molar refractivity (Wildman–Crippen MR) is 161 cm³/mol. The largest absolute Gasteiger partial charge is 0.481 e. The molecule has 44 heavy (non-hydrogen) atoms. The van der Waals surface area contributed by atoms with Crippen LogP contribution in [0.1, 0.15) is 58.9 Å². The number of carboxylic acids is 1. The van der Waals surface area contributed by atoms with E-state index in [2.05, 4.69) is 26.3 Å². The third-order valence-electron chi connectivity index (χ3n) is 8.60. The number of para-hydroxylation sites is 1. The molecule has 0 spiro atoms. The summed E-state index contributed by atoms with van der Waals surface area (Å²) in [5.74, 6) is -5.19. The number of H-pyrrole nitrogens is 1. The van der Waals surface area contributed by atoms with Crippen LogP contribution in [-0.2, 0) is 35.2 Å². The molecule has 2 aliphatic heterocycles. The van der Waals surface area contributed by atoms with Crippen LogP contribution < -0.4 is 21.3 Å². The average Bonchev–Trinajstić information content (AvgIpc) is 3.64. The summed E-state index contributed by atoms with van der Waals surface area (Å²) in [5, 5.41) is 21.4. The first kappa shape index (κ1) is 32.5. The number of fused-ring (bicyclic) bond motifs is 2. The van der Waals surface area contributed by atoms with E-state index in [1.165, 1.54) is 4.90 Å². The number of hydrogen-bond donors (Lipinski definition) is 6. The van der Waals surface area contributed by atoms with E-state index in [0.29, 0.717) is 19.3 Å². The summed E-state index contributed by atoms with van der Waals surface area (Å²) in [6.45, 7) is 7.38. The maximum absolute atomic E-state index is 13.8. The minimum absolute atomic E-state index is 0.0255. The number of rotatable bonds is 7. The van der Waals surface area contributed by atoms with Crippen molar-refractivity contribution in [2.75, 3.05) is 6.54 Å². The van der Waals surface area contributed by atoms with Crippen LogP contribution in [0.15, 0.2) is 30.5 Å². The van der Waals surface area contributed by atoms with Gasteiger partial charge in [0.1, 0.15) is 30.2 Å². The lowest BCUT2D eigenvalue weighted by Crippen LogP contribution is -2.60. The summed E-state index contributed by atoms with van der Waals surface area (Å²) in [7, 11) is 0. The van der Waals surface area contributed by atoms with Crippen molar-refractivity contribution in [3.8, 4) is 0 Å². The molecule has 6 N–H and O–H groups in total. The molecule has 0 aliphatic carbocycles. The zero-order valence-electron chi connectivity index (χ0n) is 25.5. The van der Waals surface area contributed by atoms with Gasteiger partial charge in [0.25, 0.3) is 0 Å². The number of amides is 5. The van der Waals surface area contributed by atoms with E-state index < -0.39 is 72.1 Å². The Morgan fingerprint density at radius 1 is 0.909 bits per heavy atom. The molecule has 13 heteroatoms. The lowest BCUT2D eigenvalue weighted by Gasteiger charge is -2.30. The maximum Gasteiger partial charge on any atom is 0.305 e. The van der Waals surface area contributed by atoms with Gasteiger partial charge in [0.15, 0.2) is 0 Å². The highest BCUT2D eigenvalue weighted by Crippen LogP contribution is 2.22. The normalized spacial score (nSPS) is 26.2. The lowest BCUT2D eigenvalue weighted by molar-refractivity contribution is -0.146. The second-order valence-electron chi connectivity index (χ2n) is 12.1. The van der Waals surface area contributed by atoms with Gasteiger partial charge in [-0.1, -0.05) is 52.3 Å². The van der Waals surface area contributed by atoms with Gasteiger partial charge in [0.2, 0.25) is 29.5 Å². The van der Waals surface area contributed by atoms with Crippen LogP contribution in [-0.4, -0.2) is 87.2 Å². The Balaban J connectivity index is 1.77. The zero-order valence-corrected chi connectivity index (χ0v) is 25.5. The Hall–Kier alpha value is -4.42. The van der Waals surface area contributed by atoms with Gasteiger partial charge in [0, 0.05) is 30.1 Å². The van der Waals surface area contributed by atoms with Crippen molar-refractivity contribution in [2.24, 2.45) is 11.8 Å². The van der Waals surface area contributed by atoms with E-state index in [1.54, 1.807) is 27.0 Å². The molecule has 5 amide bonds. The summed E-state index contributed by atoms with van der Waals surface area (Å²) in [5.41, 5.74) is 1.55. The zero-order chi connectivity index (χ0) is 32.1. The second-order valence-corrected chi connectivity index (χ2v) is 12.1. The molecule has 2 fully saturated rings. The molecule has 4 rings (SSSR count). The average molecular weight is 611 g/mol. The molecule has 2 aromatic rings. The predicted octanol–water partition coefficient (Wildman–Crippen LogP) is 0.831. The number of nitrogens with zero attached hydrogens (tertiary/aromatic N) is 1. The standard InChI is InChI=1S/C31H42N6O7/c1-5-17(4)26-30(43)33-21(13-18-15-32-20-10-7-6-9-19(18)20)27(40)34-22(14-24(38)39)31(44)37-12-8-11-23(37)28(41)35-25(16(2)3)29(42)36-26/h6-7,9-10,15-17,21-23,25-26,32H,5,8,11-14H2,1-4H3,(H,33,43)(H,34,40)(H,35,41)(H,36,42)(H,38,39)/t17-,21+,22+,23-,25+,26-/m1/s1. The van der Waals surface area contributed by atoms with Crippen LogP contribution in [0.2, 0.25) is 0 Å². The van der Waals surface area contributed by atoms with Crippen LogP contribution in [0.25, 0.3) is 10.9 Å². The highest BCUT2D eigenvalue weighted by Gasteiger charge is 2.42. The summed E-state index contributed by atoms with van der Waals surface area (Å²) < 4.78 is 0. The van der Waals surface area contributed by atoms with Gasteiger partial charge in [-0.15, -0.1) is 0 Å². The van der Waals surface area contributed by atoms with Gasteiger partial charge in [0.05, 0.1) is 6.42 Å². The van der Waals surface area contributed by atoms with Gasteiger partial charge < -0.3 is 36.3 Å². The van der Waals surface area contributed by atoms with Gasteiger partial charge in [-0.2, -0.15) is 0 Å². The second kappa shape index (κ2) is 13.9. The molecule has 0 unspecified atom stereocenters. The first-order valence-electron chi connectivity index (χ1n) is 15.2. The van der Waals surface area contributed by atoms with Crippen LogP contribution >= 0.6 is 0 Å². The third-order valence-corrected chi connectivity index (χ3v) is 8.60. The summed E-state index contributed by atoms with van der Waals surface area (Å²) in [6.07, 6.45) is 2.38. The lowest BCUT2D eigenvalue weighted by atomic mass is 9.95. The topological polar surface area (TPSA) is 190 Å². The van der Waals surface area contributed by atoms with Crippen molar-refractivity contribution >= 4 is 46.4 Å². The molecule has 238 valence electrons. The Morgan fingerprint density at radius 2 is 1.57 bits per heavy atom. The van der Waals surface area contributed by atoms with Gasteiger partial charge >= 0.3 is 5.97 Å². The summed E-state index contributed by atoms with van der Waals surface area (Å²) in [6, 6.07) is 1.78. The monoisotopic (exact) mass is 610 g/mol. The van der Waals surface area contributed by atoms with E-state index in [0.717, 1.165) is 16.5 Å². The molecule has 2 aliphatic rings. The Labute approximate surface area is 255 Å². The van der Waals surface area contributed by atoms with E-state index in [1.807, 2.05) is 31.2 Å².